The maximum absolute atomic E-state index is 12.3. The van der Waals surface area contributed by atoms with Gasteiger partial charge in [-0.3, -0.25) is 4.79 Å². The van der Waals surface area contributed by atoms with E-state index in [1.54, 1.807) is 23.9 Å². The van der Waals surface area contributed by atoms with E-state index in [2.05, 4.69) is 16.7 Å². The van der Waals surface area contributed by atoms with Crippen molar-refractivity contribution in [2.45, 2.75) is 23.5 Å². The number of amides is 1. The number of thioether (sulfide) groups is 1. The third kappa shape index (κ3) is 3.25. The van der Waals surface area contributed by atoms with Gasteiger partial charge in [-0.2, -0.15) is 11.8 Å². The van der Waals surface area contributed by atoms with E-state index in [9.17, 15) is 4.79 Å². The summed E-state index contributed by atoms with van der Waals surface area (Å²) in [6.45, 7) is 0.620. The van der Waals surface area contributed by atoms with Crippen LogP contribution < -0.4 is 11.1 Å². The normalized spacial score (nSPS) is 18.4. The monoisotopic (exact) mass is 293 g/mol. The molecule has 1 saturated carbocycles. The van der Waals surface area contributed by atoms with Crippen LogP contribution in [0.25, 0.3) is 0 Å². The average molecular weight is 293 g/mol. The lowest BCUT2D eigenvalue weighted by Gasteiger charge is -2.18. The lowest BCUT2D eigenvalue weighted by molar-refractivity contribution is -0.121. The summed E-state index contributed by atoms with van der Waals surface area (Å²) in [6, 6.07) is 9.10. The Morgan fingerprint density at radius 1 is 1.50 bits per heavy atom. The third-order valence-corrected chi connectivity index (χ3v) is 5.05. The molecule has 5 nitrogen and oxygen atoms in total. The molecule has 1 aliphatic rings. The molecule has 1 aromatic rings. The first-order valence-corrected chi connectivity index (χ1v) is 7.69. The van der Waals surface area contributed by atoms with Crippen LogP contribution in [0, 0.1) is 0 Å². The van der Waals surface area contributed by atoms with Gasteiger partial charge in [-0.25, -0.2) is 0 Å². The zero-order valence-electron chi connectivity index (χ0n) is 11.4. The highest BCUT2D eigenvalue weighted by Gasteiger charge is 2.42. The zero-order chi connectivity index (χ0) is 14.6. The number of nitrogens with two attached hydrogens (primary N) is 1. The molecule has 0 heterocycles. The Kier molecular flexibility index (Phi) is 4.54. The molecule has 108 valence electrons. The van der Waals surface area contributed by atoms with Gasteiger partial charge in [0.2, 0.25) is 5.91 Å². The van der Waals surface area contributed by atoms with Gasteiger partial charge in [-0.05, 0) is 24.7 Å². The maximum Gasteiger partial charge on any atom is 0.235 e. The average Bonchev–Trinajstić information content (AvgIpc) is 3.27. The van der Waals surface area contributed by atoms with E-state index in [4.69, 9.17) is 10.9 Å². The second-order valence-corrected chi connectivity index (χ2v) is 6.25. The molecule has 0 aromatic heterocycles. The molecule has 1 amide bonds. The highest BCUT2D eigenvalue weighted by Crippen LogP contribution is 2.46. The van der Waals surface area contributed by atoms with E-state index in [1.807, 2.05) is 18.2 Å². The minimum atomic E-state index is -0.751. The number of nitrogens with one attached hydrogen (secondary N) is 1. The second-order valence-electron chi connectivity index (χ2n) is 4.97. The van der Waals surface area contributed by atoms with Gasteiger partial charge >= 0.3 is 0 Å². The fourth-order valence-electron chi connectivity index (χ4n) is 2.10. The van der Waals surface area contributed by atoms with Crippen LogP contribution in [0.15, 0.2) is 35.5 Å². The van der Waals surface area contributed by atoms with Gasteiger partial charge in [0, 0.05) is 11.3 Å². The van der Waals surface area contributed by atoms with Gasteiger partial charge in [-0.1, -0.05) is 35.5 Å². The molecule has 1 aromatic carbocycles. The van der Waals surface area contributed by atoms with Crippen molar-refractivity contribution in [3.8, 4) is 0 Å². The van der Waals surface area contributed by atoms with E-state index in [0.29, 0.717) is 12.1 Å². The van der Waals surface area contributed by atoms with E-state index < -0.39 is 5.92 Å². The minimum absolute atomic E-state index is 0.0947. The molecule has 20 heavy (non-hydrogen) atoms. The first-order valence-electron chi connectivity index (χ1n) is 6.47. The predicted molar refractivity (Wildman–Crippen MR) is 81.1 cm³/mol. The largest absolute Gasteiger partial charge is 0.409 e. The summed E-state index contributed by atoms with van der Waals surface area (Å²) in [6.07, 6.45) is 4.29. The van der Waals surface area contributed by atoms with Crippen LogP contribution in [0.2, 0.25) is 0 Å². The van der Waals surface area contributed by atoms with Crippen molar-refractivity contribution in [1.82, 2.24) is 5.32 Å². The number of carbonyl (C=O) groups excluding carboxylic acids is 1. The molecular weight excluding hydrogens is 274 g/mol. The van der Waals surface area contributed by atoms with Crippen LogP contribution in [0.1, 0.15) is 24.3 Å². The van der Waals surface area contributed by atoms with Crippen LogP contribution in [-0.2, 0) is 4.79 Å². The lowest BCUT2D eigenvalue weighted by Crippen LogP contribution is -2.40. The summed E-state index contributed by atoms with van der Waals surface area (Å²) < 4.78 is 0.183. The Balaban J connectivity index is 2.09. The molecule has 1 atom stereocenters. The van der Waals surface area contributed by atoms with Gasteiger partial charge in [0.25, 0.3) is 0 Å². The molecule has 0 radical (unpaired) electrons. The molecule has 0 saturated heterocycles. The first kappa shape index (κ1) is 14.7. The molecule has 2 rings (SSSR count). The summed E-state index contributed by atoms with van der Waals surface area (Å²) in [5.74, 6) is -1.08. The highest BCUT2D eigenvalue weighted by atomic mass is 32.2. The predicted octanol–water partition coefficient (Wildman–Crippen LogP) is 1.53. The number of hydrogen-bond acceptors (Lipinski definition) is 4. The smallest absolute Gasteiger partial charge is 0.235 e. The Morgan fingerprint density at radius 2 is 2.15 bits per heavy atom. The molecule has 0 spiro atoms. The van der Waals surface area contributed by atoms with Gasteiger partial charge in [0.05, 0.1) is 0 Å². The fourth-order valence-corrected chi connectivity index (χ4v) is 2.83. The first-order chi connectivity index (χ1) is 9.62. The van der Waals surface area contributed by atoms with Crippen molar-refractivity contribution in [2.75, 3.05) is 12.8 Å². The van der Waals surface area contributed by atoms with Crippen molar-refractivity contribution in [2.24, 2.45) is 10.9 Å². The Labute approximate surface area is 122 Å². The molecule has 0 bridgehead atoms. The van der Waals surface area contributed by atoms with Crippen molar-refractivity contribution in [3.63, 3.8) is 0 Å². The Hall–Kier alpha value is -1.69. The Bertz CT molecular complexity index is 500. The summed E-state index contributed by atoms with van der Waals surface area (Å²) in [5, 5.41) is 14.8. The summed E-state index contributed by atoms with van der Waals surface area (Å²) in [7, 11) is 0. The number of amidine groups is 1. The highest BCUT2D eigenvalue weighted by molar-refractivity contribution is 8.00. The standard InChI is InChI=1S/C14H19N3O2S/c1-20-14(7-8-14)9-16-13(18)11(12(15)17-19)10-5-3-2-4-6-10/h2-6,11,19H,7-9H2,1H3,(H2,15,17)(H,16,18). The minimum Gasteiger partial charge on any atom is -0.409 e. The Morgan fingerprint density at radius 3 is 2.65 bits per heavy atom. The summed E-state index contributed by atoms with van der Waals surface area (Å²) in [4.78, 5) is 12.3. The van der Waals surface area contributed by atoms with Gasteiger partial charge in [0.15, 0.2) is 5.84 Å². The van der Waals surface area contributed by atoms with E-state index in [0.717, 1.165) is 12.8 Å². The number of carbonyl (C=O) groups is 1. The van der Waals surface area contributed by atoms with Gasteiger partial charge in [0.1, 0.15) is 5.92 Å². The van der Waals surface area contributed by atoms with Crippen LogP contribution in [0.4, 0.5) is 0 Å². The van der Waals surface area contributed by atoms with E-state index in [1.165, 1.54) is 0 Å². The second kappa shape index (κ2) is 6.17. The summed E-state index contributed by atoms with van der Waals surface area (Å²) >= 11 is 1.78. The molecular formula is C14H19N3O2S. The third-order valence-electron chi connectivity index (χ3n) is 3.63. The van der Waals surface area contributed by atoms with E-state index >= 15 is 0 Å². The molecule has 1 fully saturated rings. The number of hydrogen-bond donors (Lipinski definition) is 3. The SMILES string of the molecule is CSC1(CNC(=O)C(/C(N)=N/O)c2ccccc2)CC1. The lowest BCUT2D eigenvalue weighted by atomic mass is 9.97. The van der Waals surface area contributed by atoms with Crippen LogP contribution >= 0.6 is 11.8 Å². The fraction of sp³-hybridized carbons (Fsp3) is 0.429. The van der Waals surface area contributed by atoms with Crippen LogP contribution in [0.5, 0.6) is 0 Å². The van der Waals surface area contributed by atoms with E-state index in [-0.39, 0.29) is 16.5 Å². The zero-order valence-corrected chi connectivity index (χ0v) is 12.2. The van der Waals surface area contributed by atoms with Crippen LogP contribution in [0.3, 0.4) is 0 Å². The van der Waals surface area contributed by atoms with Crippen LogP contribution in [-0.4, -0.2) is 34.5 Å². The van der Waals surface area contributed by atoms with Crippen molar-refractivity contribution >= 4 is 23.5 Å². The number of nitrogens with zero attached hydrogens (tertiary/aromatic N) is 1. The molecule has 1 aliphatic carbocycles. The van der Waals surface area contributed by atoms with Gasteiger partial charge in [-0.15, -0.1) is 0 Å². The molecule has 1 unspecified atom stereocenters. The van der Waals surface area contributed by atoms with Crippen molar-refractivity contribution in [1.29, 1.82) is 0 Å². The summed E-state index contributed by atoms with van der Waals surface area (Å²) in [5.41, 5.74) is 6.39. The maximum atomic E-state index is 12.3. The number of benzene rings is 1. The number of rotatable bonds is 6. The topological polar surface area (TPSA) is 87.7 Å². The number of oxime groups is 1. The van der Waals surface area contributed by atoms with Crippen molar-refractivity contribution in [3.05, 3.63) is 35.9 Å². The molecule has 0 aliphatic heterocycles. The van der Waals surface area contributed by atoms with Crippen molar-refractivity contribution < 1.29 is 10.0 Å². The van der Waals surface area contributed by atoms with Gasteiger partial charge < -0.3 is 16.3 Å². The molecule has 6 heteroatoms. The molecule has 4 N–H and O–H groups in total. The quantitative estimate of drug-likeness (QED) is 0.321.